The Balaban J connectivity index is 1.80. The molecule has 2 saturated carbocycles. The predicted octanol–water partition coefficient (Wildman–Crippen LogP) is 6.86. The smallest absolute Gasteiger partial charge is 0.306 e. The number of aliphatic hydroxyl groups excluding tert-OH is 1. The van der Waals surface area contributed by atoms with Gasteiger partial charge in [0.1, 0.15) is 6.10 Å². The highest BCUT2D eigenvalue weighted by Gasteiger charge is 2.67. The highest BCUT2D eigenvalue weighted by atomic mass is 16.5. The lowest BCUT2D eigenvalue weighted by Crippen LogP contribution is -2.54. The van der Waals surface area contributed by atoms with Crippen molar-refractivity contribution in [1.29, 1.82) is 0 Å². The van der Waals surface area contributed by atoms with Gasteiger partial charge in [-0.3, -0.25) is 9.59 Å². The molecule has 0 heterocycles. The molecule has 37 heavy (non-hydrogen) atoms. The van der Waals surface area contributed by atoms with Crippen molar-refractivity contribution in [3.05, 3.63) is 34.9 Å². The molecule has 206 valence electrons. The average molecular weight is 513 g/mol. The number of fused-ring (bicyclic) bond motifs is 5. The number of carboxylic acids is 1. The molecule has 0 aromatic rings. The van der Waals surface area contributed by atoms with Crippen molar-refractivity contribution in [2.24, 2.45) is 39.4 Å². The SMILES string of the molecule is CC(=O)O[C@H]1C[C@@]2(C)C3=CC[C@@H]4C(C)(C)[C@H](O)CC[C@@]4(C)C3=CC[C@@]2(C)[C@H]1[C@H](CCC=C(C)C)C(=O)O. The van der Waals surface area contributed by atoms with Gasteiger partial charge in [0.05, 0.1) is 12.0 Å². The van der Waals surface area contributed by atoms with E-state index in [0.29, 0.717) is 25.2 Å². The van der Waals surface area contributed by atoms with E-state index >= 15 is 0 Å². The molecule has 2 fully saturated rings. The number of allylic oxidation sites excluding steroid dienone is 6. The molecule has 0 aliphatic heterocycles. The summed E-state index contributed by atoms with van der Waals surface area (Å²) in [6.45, 7) is 16.8. The Kier molecular flexibility index (Phi) is 7.14. The van der Waals surface area contributed by atoms with Crippen molar-refractivity contribution in [3.63, 3.8) is 0 Å². The van der Waals surface area contributed by atoms with Crippen LogP contribution in [0.2, 0.25) is 0 Å². The second-order valence-electron chi connectivity index (χ2n) is 14.0. The molecule has 0 unspecified atom stereocenters. The molecule has 0 radical (unpaired) electrons. The summed E-state index contributed by atoms with van der Waals surface area (Å²) in [6, 6.07) is 0. The number of aliphatic carboxylic acids is 1. The zero-order chi connectivity index (χ0) is 27.6. The van der Waals surface area contributed by atoms with Gasteiger partial charge in [-0.1, -0.05) is 58.4 Å². The third kappa shape index (κ3) is 4.24. The van der Waals surface area contributed by atoms with E-state index in [4.69, 9.17) is 4.74 Å². The largest absolute Gasteiger partial charge is 0.481 e. The number of hydrogen-bond acceptors (Lipinski definition) is 4. The molecule has 8 atom stereocenters. The van der Waals surface area contributed by atoms with Crippen LogP contribution in [0.15, 0.2) is 34.9 Å². The third-order valence-electron chi connectivity index (χ3n) is 11.4. The fraction of sp³-hybridized carbons (Fsp3) is 0.750. The molecule has 5 nitrogen and oxygen atoms in total. The second-order valence-corrected chi connectivity index (χ2v) is 14.0. The van der Waals surface area contributed by atoms with E-state index in [1.54, 1.807) is 0 Å². The van der Waals surface area contributed by atoms with Crippen LogP contribution in [-0.4, -0.2) is 34.4 Å². The first-order chi connectivity index (χ1) is 17.1. The van der Waals surface area contributed by atoms with Crippen LogP contribution >= 0.6 is 0 Å². The maximum Gasteiger partial charge on any atom is 0.306 e. The average Bonchev–Trinajstić information content (AvgIpc) is 3.00. The van der Waals surface area contributed by atoms with Crippen LogP contribution < -0.4 is 0 Å². The van der Waals surface area contributed by atoms with Gasteiger partial charge in [0.15, 0.2) is 0 Å². The Bertz CT molecular complexity index is 1050. The lowest BCUT2D eigenvalue weighted by molar-refractivity contribution is -0.158. The molecule has 0 aromatic carbocycles. The molecule has 0 spiro atoms. The molecule has 5 heteroatoms. The highest BCUT2D eigenvalue weighted by Crippen LogP contribution is 2.72. The fourth-order valence-electron chi connectivity index (χ4n) is 9.11. The Labute approximate surface area is 223 Å². The summed E-state index contributed by atoms with van der Waals surface area (Å²) in [5.74, 6) is -1.63. The van der Waals surface area contributed by atoms with Gasteiger partial charge in [-0.2, -0.15) is 0 Å². The van der Waals surface area contributed by atoms with Crippen LogP contribution in [0.25, 0.3) is 0 Å². The van der Waals surface area contributed by atoms with Crippen LogP contribution in [0.5, 0.6) is 0 Å². The van der Waals surface area contributed by atoms with Gasteiger partial charge in [0, 0.05) is 18.3 Å². The molecule has 2 N–H and O–H groups in total. The molecule has 4 aliphatic rings. The Morgan fingerprint density at radius 2 is 1.78 bits per heavy atom. The summed E-state index contributed by atoms with van der Waals surface area (Å²) in [4.78, 5) is 25.0. The van der Waals surface area contributed by atoms with Crippen LogP contribution in [0.1, 0.15) is 100 Å². The Hall–Kier alpha value is -1.88. The number of rotatable bonds is 6. The molecule has 4 aliphatic carbocycles. The second kappa shape index (κ2) is 9.39. The van der Waals surface area contributed by atoms with Crippen LogP contribution in [0.4, 0.5) is 0 Å². The molecule has 0 aromatic heterocycles. The Morgan fingerprint density at radius 3 is 2.38 bits per heavy atom. The summed E-state index contributed by atoms with van der Waals surface area (Å²) in [6.07, 6.45) is 11.5. The summed E-state index contributed by atoms with van der Waals surface area (Å²) in [5, 5.41) is 21.3. The minimum atomic E-state index is -0.794. The van der Waals surface area contributed by atoms with E-state index in [2.05, 4.69) is 52.8 Å². The number of carboxylic acid groups (broad SMARTS) is 1. The molecule has 0 amide bonds. The van der Waals surface area contributed by atoms with E-state index in [1.807, 2.05) is 13.8 Å². The number of hydrogen-bond donors (Lipinski definition) is 2. The zero-order valence-electron chi connectivity index (χ0n) is 24.2. The normalized spacial score (nSPS) is 40.8. The first-order valence-corrected chi connectivity index (χ1v) is 14.2. The molecule has 0 bridgehead atoms. The van der Waals surface area contributed by atoms with Crippen LogP contribution in [-0.2, 0) is 14.3 Å². The molecular formula is C32H48O5. The first kappa shape index (κ1) is 28.1. The van der Waals surface area contributed by atoms with E-state index in [9.17, 15) is 19.8 Å². The van der Waals surface area contributed by atoms with Gasteiger partial charge in [0.2, 0.25) is 0 Å². The van der Waals surface area contributed by atoms with Crippen molar-refractivity contribution in [2.75, 3.05) is 0 Å². The van der Waals surface area contributed by atoms with Gasteiger partial charge < -0.3 is 14.9 Å². The number of ether oxygens (including phenoxy) is 1. The Morgan fingerprint density at radius 1 is 1.11 bits per heavy atom. The minimum absolute atomic E-state index is 0.0260. The number of aliphatic hydroxyl groups is 1. The fourth-order valence-corrected chi connectivity index (χ4v) is 9.11. The topological polar surface area (TPSA) is 83.8 Å². The summed E-state index contributed by atoms with van der Waals surface area (Å²) in [5.41, 5.74) is 3.08. The maximum atomic E-state index is 12.7. The zero-order valence-corrected chi connectivity index (χ0v) is 24.2. The summed E-state index contributed by atoms with van der Waals surface area (Å²) < 4.78 is 5.96. The van der Waals surface area contributed by atoms with Crippen molar-refractivity contribution < 1.29 is 24.5 Å². The van der Waals surface area contributed by atoms with Gasteiger partial charge in [-0.25, -0.2) is 0 Å². The lowest BCUT2D eigenvalue weighted by Gasteiger charge is -2.60. The summed E-state index contributed by atoms with van der Waals surface area (Å²) in [7, 11) is 0. The number of carbonyl (C=O) groups excluding carboxylic acids is 1. The van der Waals surface area contributed by atoms with Gasteiger partial charge in [0.25, 0.3) is 0 Å². The quantitative estimate of drug-likeness (QED) is 0.300. The first-order valence-electron chi connectivity index (χ1n) is 14.2. The predicted molar refractivity (Wildman–Crippen MR) is 146 cm³/mol. The number of esters is 1. The van der Waals surface area contributed by atoms with Crippen LogP contribution in [0.3, 0.4) is 0 Å². The monoisotopic (exact) mass is 512 g/mol. The standard InChI is InChI=1S/C32H48O5/c1-19(2)10-9-11-21(28(35)36)27-24(37-20(3)33)18-32(8)23-12-13-25-29(4,5)26(34)15-16-30(25,6)22(23)14-17-31(27,32)7/h10,12,14,21,24-27,34H,9,11,13,15-18H2,1-8H3,(H,35,36)/t21-,24-,25+,26+,27-,30-,31-,32-/m0/s1. The molecule has 4 rings (SSSR count). The van der Waals surface area contributed by atoms with Gasteiger partial charge >= 0.3 is 11.9 Å². The maximum absolute atomic E-state index is 12.7. The molecular weight excluding hydrogens is 464 g/mol. The minimum Gasteiger partial charge on any atom is -0.481 e. The van der Waals surface area contributed by atoms with E-state index in [1.165, 1.54) is 23.6 Å². The van der Waals surface area contributed by atoms with Crippen molar-refractivity contribution in [3.8, 4) is 0 Å². The van der Waals surface area contributed by atoms with E-state index in [-0.39, 0.29) is 39.7 Å². The van der Waals surface area contributed by atoms with E-state index in [0.717, 1.165) is 25.7 Å². The van der Waals surface area contributed by atoms with Crippen molar-refractivity contribution in [2.45, 2.75) is 113 Å². The van der Waals surface area contributed by atoms with Crippen molar-refractivity contribution >= 4 is 11.9 Å². The van der Waals surface area contributed by atoms with Crippen LogP contribution in [0, 0.1) is 39.4 Å². The third-order valence-corrected chi connectivity index (χ3v) is 11.4. The summed E-state index contributed by atoms with van der Waals surface area (Å²) >= 11 is 0. The van der Waals surface area contributed by atoms with Gasteiger partial charge in [-0.05, 0) is 92.1 Å². The highest BCUT2D eigenvalue weighted by molar-refractivity contribution is 5.71. The van der Waals surface area contributed by atoms with E-state index < -0.39 is 18.0 Å². The lowest BCUT2D eigenvalue weighted by atomic mass is 9.44. The van der Waals surface area contributed by atoms with Crippen molar-refractivity contribution in [1.82, 2.24) is 0 Å². The molecule has 0 saturated heterocycles. The number of carbonyl (C=O) groups is 2. The van der Waals surface area contributed by atoms with Gasteiger partial charge in [-0.15, -0.1) is 0 Å².